The van der Waals surface area contributed by atoms with Crippen molar-refractivity contribution in [1.82, 2.24) is 4.90 Å². The second-order valence-corrected chi connectivity index (χ2v) is 6.51. The first-order chi connectivity index (χ1) is 9.44. The van der Waals surface area contributed by atoms with Crippen LogP contribution >= 0.6 is 12.2 Å². The highest BCUT2D eigenvalue weighted by atomic mass is 32.1. The van der Waals surface area contributed by atoms with Crippen molar-refractivity contribution in [2.75, 3.05) is 26.0 Å². The molecule has 110 valence electrons. The van der Waals surface area contributed by atoms with Crippen LogP contribution in [-0.4, -0.2) is 36.1 Å². The summed E-state index contributed by atoms with van der Waals surface area (Å²) in [5.74, 6) is 0. The molecule has 1 aliphatic carbocycles. The number of anilines is 1. The van der Waals surface area contributed by atoms with Gasteiger partial charge in [-0.25, -0.2) is 0 Å². The molecule has 0 amide bonds. The molecule has 1 aliphatic rings. The highest BCUT2D eigenvalue weighted by Crippen LogP contribution is 2.34. The van der Waals surface area contributed by atoms with E-state index in [4.69, 9.17) is 18.0 Å². The predicted octanol–water partition coefficient (Wildman–Crippen LogP) is 2.92. The van der Waals surface area contributed by atoms with Gasteiger partial charge in [0.2, 0.25) is 0 Å². The molecule has 0 heterocycles. The number of aryl methyl sites for hydroxylation is 1. The molecule has 0 spiro atoms. The number of nitrogens with zero attached hydrogens (tertiary/aromatic N) is 1. The molecule has 1 fully saturated rings. The normalized spacial score (nSPS) is 17.4. The summed E-state index contributed by atoms with van der Waals surface area (Å²) in [7, 11) is 4.38. The molecular weight excluding hydrogens is 266 g/mol. The lowest BCUT2D eigenvalue weighted by Crippen LogP contribution is -2.47. The molecule has 0 saturated heterocycles. The summed E-state index contributed by atoms with van der Waals surface area (Å²) in [5, 5.41) is 3.59. The highest BCUT2D eigenvalue weighted by Gasteiger charge is 2.35. The van der Waals surface area contributed by atoms with Gasteiger partial charge in [0.25, 0.3) is 0 Å². The number of likely N-dealkylation sites (N-methyl/N-ethyl adjacent to an activating group) is 1. The molecule has 0 radical (unpaired) electrons. The SMILES string of the molecule is Cc1cc(NCC2(N(C)C)CCCC2)ccc1C(N)=S. The first-order valence-corrected chi connectivity index (χ1v) is 7.67. The third kappa shape index (κ3) is 3.13. The molecule has 4 heteroatoms. The molecule has 0 aliphatic heterocycles. The molecular formula is C16H25N3S. The van der Waals surface area contributed by atoms with Gasteiger partial charge in [0.1, 0.15) is 4.99 Å². The van der Waals surface area contributed by atoms with Gasteiger partial charge in [-0.15, -0.1) is 0 Å². The number of hydrogen-bond acceptors (Lipinski definition) is 3. The quantitative estimate of drug-likeness (QED) is 0.819. The summed E-state index contributed by atoms with van der Waals surface area (Å²) >= 11 is 5.05. The van der Waals surface area contributed by atoms with E-state index >= 15 is 0 Å². The summed E-state index contributed by atoms with van der Waals surface area (Å²) < 4.78 is 0. The molecule has 1 aromatic carbocycles. The Morgan fingerprint density at radius 1 is 1.35 bits per heavy atom. The smallest absolute Gasteiger partial charge is 0.104 e. The van der Waals surface area contributed by atoms with Crippen LogP contribution in [0.1, 0.15) is 36.8 Å². The van der Waals surface area contributed by atoms with Gasteiger partial charge in [-0.05, 0) is 57.6 Å². The van der Waals surface area contributed by atoms with Crippen molar-refractivity contribution in [1.29, 1.82) is 0 Å². The van der Waals surface area contributed by atoms with Crippen LogP contribution in [0.2, 0.25) is 0 Å². The molecule has 3 N–H and O–H groups in total. The van der Waals surface area contributed by atoms with Gasteiger partial charge < -0.3 is 16.0 Å². The van der Waals surface area contributed by atoms with E-state index in [-0.39, 0.29) is 0 Å². The molecule has 1 saturated carbocycles. The zero-order valence-electron chi connectivity index (χ0n) is 12.7. The minimum atomic E-state index is 0.301. The van der Waals surface area contributed by atoms with E-state index in [9.17, 15) is 0 Å². The summed E-state index contributed by atoms with van der Waals surface area (Å²) in [6.07, 6.45) is 5.21. The lowest BCUT2D eigenvalue weighted by molar-refractivity contribution is 0.172. The van der Waals surface area contributed by atoms with Gasteiger partial charge in [-0.2, -0.15) is 0 Å². The Balaban J connectivity index is 2.07. The third-order valence-electron chi connectivity index (χ3n) is 4.60. The Bertz CT molecular complexity index is 490. The van der Waals surface area contributed by atoms with Crippen LogP contribution in [-0.2, 0) is 0 Å². The van der Waals surface area contributed by atoms with Crippen molar-refractivity contribution in [3.05, 3.63) is 29.3 Å². The first-order valence-electron chi connectivity index (χ1n) is 7.26. The van der Waals surface area contributed by atoms with Crippen molar-refractivity contribution >= 4 is 22.9 Å². The maximum absolute atomic E-state index is 5.70. The van der Waals surface area contributed by atoms with Gasteiger partial charge in [-0.3, -0.25) is 0 Å². The molecule has 1 aromatic rings. The average molecular weight is 291 g/mol. The van der Waals surface area contributed by atoms with Gasteiger partial charge >= 0.3 is 0 Å². The molecule has 3 nitrogen and oxygen atoms in total. The van der Waals surface area contributed by atoms with E-state index in [0.29, 0.717) is 10.5 Å². The molecule has 20 heavy (non-hydrogen) atoms. The number of nitrogens with one attached hydrogen (secondary N) is 1. The Morgan fingerprint density at radius 3 is 2.50 bits per heavy atom. The zero-order chi connectivity index (χ0) is 14.8. The number of rotatable bonds is 5. The molecule has 0 unspecified atom stereocenters. The van der Waals surface area contributed by atoms with Gasteiger partial charge in [-0.1, -0.05) is 25.1 Å². The minimum absolute atomic E-state index is 0.301. The number of benzene rings is 1. The maximum Gasteiger partial charge on any atom is 0.104 e. The van der Waals surface area contributed by atoms with E-state index in [1.807, 2.05) is 6.07 Å². The highest BCUT2D eigenvalue weighted by molar-refractivity contribution is 7.80. The van der Waals surface area contributed by atoms with E-state index < -0.39 is 0 Å². The fourth-order valence-corrected chi connectivity index (χ4v) is 3.36. The standard InChI is InChI=1S/C16H25N3S/c1-12-10-13(6-7-14(12)15(17)20)18-11-16(19(2)3)8-4-5-9-16/h6-7,10,18H,4-5,8-9,11H2,1-3H3,(H2,17,20). The minimum Gasteiger partial charge on any atom is -0.389 e. The van der Waals surface area contributed by atoms with Crippen molar-refractivity contribution in [2.24, 2.45) is 5.73 Å². The van der Waals surface area contributed by atoms with Crippen LogP contribution in [0.25, 0.3) is 0 Å². The Hall–Kier alpha value is -1.13. The van der Waals surface area contributed by atoms with E-state index in [2.05, 4.69) is 43.4 Å². The number of hydrogen-bond donors (Lipinski definition) is 2. The summed E-state index contributed by atoms with van der Waals surface area (Å²) in [4.78, 5) is 2.85. The molecule has 0 atom stereocenters. The Kier molecular flexibility index (Phi) is 4.66. The van der Waals surface area contributed by atoms with E-state index in [0.717, 1.165) is 23.4 Å². The van der Waals surface area contributed by atoms with Gasteiger partial charge in [0.05, 0.1) is 0 Å². The van der Waals surface area contributed by atoms with Crippen molar-refractivity contribution < 1.29 is 0 Å². The average Bonchev–Trinajstić information content (AvgIpc) is 2.86. The van der Waals surface area contributed by atoms with Gasteiger partial charge in [0.15, 0.2) is 0 Å². The molecule has 2 rings (SSSR count). The van der Waals surface area contributed by atoms with Crippen LogP contribution in [0.15, 0.2) is 18.2 Å². The van der Waals surface area contributed by atoms with E-state index in [1.165, 1.54) is 25.7 Å². The fraction of sp³-hybridized carbons (Fsp3) is 0.562. The van der Waals surface area contributed by atoms with E-state index in [1.54, 1.807) is 0 Å². The van der Waals surface area contributed by atoms with Crippen LogP contribution in [0.4, 0.5) is 5.69 Å². The fourth-order valence-electron chi connectivity index (χ4n) is 3.13. The topological polar surface area (TPSA) is 41.3 Å². The number of nitrogens with two attached hydrogens (primary N) is 1. The summed E-state index contributed by atoms with van der Waals surface area (Å²) in [6.45, 7) is 3.04. The second kappa shape index (κ2) is 6.10. The second-order valence-electron chi connectivity index (χ2n) is 6.07. The Morgan fingerprint density at radius 2 is 2.00 bits per heavy atom. The predicted molar refractivity (Wildman–Crippen MR) is 90.4 cm³/mol. The van der Waals surface area contributed by atoms with Crippen molar-refractivity contribution in [3.8, 4) is 0 Å². The zero-order valence-corrected chi connectivity index (χ0v) is 13.5. The van der Waals surface area contributed by atoms with Crippen molar-refractivity contribution in [3.63, 3.8) is 0 Å². The van der Waals surface area contributed by atoms with Gasteiger partial charge in [0, 0.05) is 23.3 Å². The third-order valence-corrected chi connectivity index (χ3v) is 4.82. The van der Waals surface area contributed by atoms with Crippen LogP contribution in [0.3, 0.4) is 0 Å². The lowest BCUT2D eigenvalue weighted by Gasteiger charge is -2.37. The van der Waals surface area contributed by atoms with Crippen LogP contribution in [0.5, 0.6) is 0 Å². The largest absolute Gasteiger partial charge is 0.389 e. The van der Waals surface area contributed by atoms with Crippen LogP contribution < -0.4 is 11.1 Å². The maximum atomic E-state index is 5.70. The van der Waals surface area contributed by atoms with Crippen molar-refractivity contribution in [2.45, 2.75) is 38.1 Å². The molecule has 0 aromatic heterocycles. The summed E-state index contributed by atoms with van der Waals surface area (Å²) in [6, 6.07) is 6.21. The Labute approximate surface area is 127 Å². The summed E-state index contributed by atoms with van der Waals surface area (Å²) in [5.41, 5.74) is 9.25. The molecule has 0 bridgehead atoms. The number of thiocarbonyl (C=S) groups is 1. The first kappa shape index (κ1) is 15.3. The van der Waals surface area contributed by atoms with Crippen LogP contribution in [0, 0.1) is 6.92 Å². The monoisotopic (exact) mass is 291 g/mol. The lowest BCUT2D eigenvalue weighted by atomic mass is 9.95.